The first kappa shape index (κ1) is 23.3. The number of hydrogen-bond acceptors (Lipinski definition) is 6. The molecule has 7 heteroatoms. The maximum atomic E-state index is 14.7. The van der Waals surface area contributed by atoms with Gasteiger partial charge in [0.2, 0.25) is 0 Å². The maximum absolute atomic E-state index is 14.7. The molecule has 5 rings (SSSR count). The van der Waals surface area contributed by atoms with Gasteiger partial charge in [0, 0.05) is 36.2 Å². The minimum Gasteiger partial charge on any atom is -0.344 e. The summed E-state index contributed by atoms with van der Waals surface area (Å²) in [5, 5.41) is 6.78. The van der Waals surface area contributed by atoms with E-state index >= 15 is 0 Å². The number of allylic oxidation sites excluding steroid dienone is 3. The third kappa shape index (κ3) is 4.73. The molecule has 2 N–H and O–H groups in total. The van der Waals surface area contributed by atoms with Crippen LogP contribution < -0.4 is 20.4 Å². The van der Waals surface area contributed by atoms with E-state index in [1.165, 1.54) is 0 Å². The molecule has 1 saturated heterocycles. The first-order valence-electron chi connectivity index (χ1n) is 12.3. The van der Waals surface area contributed by atoms with Crippen molar-refractivity contribution in [2.45, 2.75) is 32.1 Å². The lowest BCUT2D eigenvalue weighted by molar-refractivity contribution is 0.507. The molecule has 1 unspecified atom stereocenters. The fraction of sp³-hybridized carbons (Fsp3) is 0.357. The molecule has 0 radical (unpaired) electrons. The molecule has 3 aliphatic heterocycles. The van der Waals surface area contributed by atoms with Crippen LogP contribution in [0.15, 0.2) is 61.2 Å². The number of nitrogens with one attached hydrogen (secondary N) is 2. The highest BCUT2D eigenvalue weighted by Crippen LogP contribution is 2.35. The van der Waals surface area contributed by atoms with Crippen LogP contribution in [-0.2, 0) is 12.8 Å². The van der Waals surface area contributed by atoms with E-state index in [-0.39, 0.29) is 5.82 Å². The monoisotopic (exact) mass is 472 g/mol. The Labute approximate surface area is 207 Å². The van der Waals surface area contributed by atoms with Gasteiger partial charge in [-0.25, -0.2) is 9.37 Å². The van der Waals surface area contributed by atoms with Crippen molar-refractivity contribution < 1.29 is 4.39 Å². The molecule has 3 aliphatic rings. The first-order chi connectivity index (χ1) is 16.9. The van der Waals surface area contributed by atoms with Crippen molar-refractivity contribution >= 4 is 23.4 Å². The van der Waals surface area contributed by atoms with Crippen molar-refractivity contribution in [1.29, 1.82) is 0 Å². The van der Waals surface area contributed by atoms with Gasteiger partial charge in [-0.2, -0.15) is 0 Å². The highest BCUT2D eigenvalue weighted by molar-refractivity contribution is 5.78. The molecular formula is C28H33FN6. The first-order valence-corrected chi connectivity index (χ1v) is 12.3. The second-order valence-corrected chi connectivity index (χ2v) is 9.64. The largest absolute Gasteiger partial charge is 0.344 e. The van der Waals surface area contributed by atoms with E-state index in [9.17, 15) is 4.39 Å². The van der Waals surface area contributed by atoms with Gasteiger partial charge < -0.3 is 20.4 Å². The van der Waals surface area contributed by atoms with Crippen LogP contribution >= 0.6 is 0 Å². The van der Waals surface area contributed by atoms with Gasteiger partial charge in [0.25, 0.3) is 0 Å². The topological polar surface area (TPSA) is 56.3 Å². The van der Waals surface area contributed by atoms with Crippen LogP contribution in [0.25, 0.3) is 6.08 Å². The van der Waals surface area contributed by atoms with Gasteiger partial charge in [0.1, 0.15) is 5.82 Å². The van der Waals surface area contributed by atoms with E-state index in [0.717, 1.165) is 96.6 Å². The Kier molecular flexibility index (Phi) is 6.43. The zero-order valence-corrected chi connectivity index (χ0v) is 20.4. The number of aryl methyl sites for hydroxylation is 1. The SMILES string of the molecule is C=C1CCc2ncc(N3CC(CCNCCc4c(F)ccc5c4N(C)C(=C)C=C5)CC3=C)nc2N1. The Morgan fingerprint density at radius 3 is 2.89 bits per heavy atom. The molecule has 0 spiro atoms. The summed E-state index contributed by atoms with van der Waals surface area (Å²) < 4.78 is 14.7. The standard InChI is InChI=1S/C28H33FN6/c1-18-5-10-25-28(32-18)33-26(16-31-25)35-17-21(15-20(35)3)11-13-30-14-12-23-24(29)9-8-22-7-6-19(2)34(4)27(22)23/h6-9,16,21,30H,1-3,5,10-15,17H2,4H3,(H,32,33). The van der Waals surface area contributed by atoms with Gasteiger partial charge in [0.15, 0.2) is 11.6 Å². The molecule has 35 heavy (non-hydrogen) atoms. The summed E-state index contributed by atoms with van der Waals surface area (Å²) in [4.78, 5) is 13.6. The third-order valence-electron chi connectivity index (χ3n) is 7.18. The van der Waals surface area contributed by atoms with Gasteiger partial charge in [-0.15, -0.1) is 0 Å². The van der Waals surface area contributed by atoms with Crippen LogP contribution in [0, 0.1) is 11.7 Å². The molecule has 1 aromatic heterocycles. The molecule has 2 aromatic rings. The average molecular weight is 473 g/mol. The minimum atomic E-state index is -0.160. The van der Waals surface area contributed by atoms with Crippen LogP contribution in [0.3, 0.4) is 0 Å². The quantitative estimate of drug-likeness (QED) is 0.552. The van der Waals surface area contributed by atoms with Gasteiger partial charge in [-0.3, -0.25) is 4.98 Å². The summed E-state index contributed by atoms with van der Waals surface area (Å²) in [6, 6.07) is 3.40. The summed E-state index contributed by atoms with van der Waals surface area (Å²) in [7, 11) is 1.94. The average Bonchev–Trinajstić information content (AvgIpc) is 3.22. The van der Waals surface area contributed by atoms with E-state index in [1.54, 1.807) is 6.07 Å². The van der Waals surface area contributed by atoms with E-state index in [4.69, 9.17) is 4.98 Å². The van der Waals surface area contributed by atoms with Crippen LogP contribution in [0.2, 0.25) is 0 Å². The molecule has 182 valence electrons. The van der Waals surface area contributed by atoms with Gasteiger partial charge in [0.05, 0.1) is 17.6 Å². The van der Waals surface area contributed by atoms with Gasteiger partial charge in [-0.05, 0) is 74.9 Å². The van der Waals surface area contributed by atoms with Crippen LogP contribution in [0.5, 0.6) is 0 Å². The number of hydrogen-bond donors (Lipinski definition) is 2. The fourth-order valence-electron chi connectivity index (χ4n) is 5.15. The molecule has 1 fully saturated rings. The summed E-state index contributed by atoms with van der Waals surface area (Å²) in [6.07, 6.45) is 10.2. The lowest BCUT2D eigenvalue weighted by Gasteiger charge is -2.28. The number of fused-ring (bicyclic) bond motifs is 2. The Bertz CT molecular complexity index is 1220. The number of likely N-dealkylation sites (N-methyl/N-ethyl adjacent to an activating group) is 1. The Balaban J connectivity index is 1.14. The number of aromatic nitrogens is 2. The van der Waals surface area contributed by atoms with Crippen molar-refractivity contribution in [2.24, 2.45) is 5.92 Å². The Morgan fingerprint density at radius 1 is 1.17 bits per heavy atom. The second-order valence-electron chi connectivity index (χ2n) is 9.64. The zero-order chi connectivity index (χ0) is 24.5. The number of rotatable bonds is 7. The van der Waals surface area contributed by atoms with Crippen LogP contribution in [0.4, 0.5) is 21.7 Å². The summed E-state index contributed by atoms with van der Waals surface area (Å²) in [6.45, 7) is 14.8. The smallest absolute Gasteiger partial charge is 0.154 e. The van der Waals surface area contributed by atoms with Crippen molar-refractivity contribution in [2.75, 3.05) is 41.8 Å². The van der Waals surface area contributed by atoms with Crippen molar-refractivity contribution in [3.8, 4) is 0 Å². The van der Waals surface area contributed by atoms with E-state index in [2.05, 4.69) is 40.3 Å². The van der Waals surface area contributed by atoms with E-state index < -0.39 is 0 Å². The van der Waals surface area contributed by atoms with Crippen LogP contribution in [0.1, 0.15) is 36.1 Å². The molecule has 1 aromatic carbocycles. The molecule has 0 bridgehead atoms. The van der Waals surface area contributed by atoms with Crippen molar-refractivity contribution in [3.05, 3.63) is 83.9 Å². The molecule has 1 atom stereocenters. The summed E-state index contributed by atoms with van der Waals surface area (Å²) >= 11 is 0. The molecule has 4 heterocycles. The second kappa shape index (κ2) is 9.66. The molecule has 6 nitrogen and oxygen atoms in total. The molecule has 0 aliphatic carbocycles. The van der Waals surface area contributed by atoms with E-state index in [0.29, 0.717) is 12.3 Å². The number of nitrogens with zero attached hydrogens (tertiary/aromatic N) is 4. The Hall–Kier alpha value is -3.45. The van der Waals surface area contributed by atoms with Crippen molar-refractivity contribution in [3.63, 3.8) is 0 Å². The van der Waals surface area contributed by atoms with Crippen molar-refractivity contribution in [1.82, 2.24) is 15.3 Å². The predicted molar refractivity (Wildman–Crippen MR) is 142 cm³/mol. The highest BCUT2D eigenvalue weighted by atomic mass is 19.1. The lowest BCUT2D eigenvalue weighted by atomic mass is 9.99. The van der Waals surface area contributed by atoms with Gasteiger partial charge in [-0.1, -0.05) is 25.8 Å². The molecule has 0 amide bonds. The number of benzene rings is 1. The van der Waals surface area contributed by atoms with Gasteiger partial charge >= 0.3 is 0 Å². The summed E-state index contributed by atoms with van der Waals surface area (Å²) in [5.74, 6) is 2.00. The van der Waals surface area contributed by atoms with Crippen LogP contribution in [-0.4, -0.2) is 36.6 Å². The highest BCUT2D eigenvalue weighted by Gasteiger charge is 2.28. The molecular weight excluding hydrogens is 439 g/mol. The van der Waals surface area contributed by atoms with E-state index in [1.807, 2.05) is 36.4 Å². The lowest BCUT2D eigenvalue weighted by Crippen LogP contribution is -2.25. The third-order valence-corrected chi connectivity index (χ3v) is 7.18. The normalized spacial score (nSPS) is 19.1. The molecule has 0 saturated carbocycles. The zero-order valence-electron chi connectivity index (χ0n) is 20.4. The maximum Gasteiger partial charge on any atom is 0.154 e. The minimum absolute atomic E-state index is 0.160. The predicted octanol–water partition coefficient (Wildman–Crippen LogP) is 5.03. The summed E-state index contributed by atoms with van der Waals surface area (Å²) in [5.41, 5.74) is 6.62. The number of halogens is 1. The fourth-order valence-corrected chi connectivity index (χ4v) is 5.15. The number of anilines is 3. The Morgan fingerprint density at radius 2 is 2.03 bits per heavy atom.